The molecule has 0 rings (SSSR count). The minimum atomic E-state index is -0.833. The molecule has 80 valence electrons. The zero-order valence-electron chi connectivity index (χ0n) is 8.62. The van der Waals surface area contributed by atoms with Gasteiger partial charge in [-0.3, -0.25) is 9.59 Å². The van der Waals surface area contributed by atoms with Gasteiger partial charge < -0.3 is 10.2 Å². The van der Waals surface area contributed by atoms with Crippen molar-refractivity contribution in [1.82, 2.24) is 0 Å². The second-order valence-corrected chi connectivity index (χ2v) is 2.33. The standard InChI is InChI=1S/C6H14.C2H4O2.CH2O2/c1-3-5-6-4-2;1-2(3)4;2-1-3/h3-6H2,1-2H3;1H3,(H,3,4);1H,(H,2,3). The molecule has 0 aromatic carbocycles. The number of rotatable bonds is 3. The average molecular weight is 192 g/mol. The minimum absolute atomic E-state index is 0.250. The molecule has 4 heteroatoms. The van der Waals surface area contributed by atoms with Gasteiger partial charge in [0, 0.05) is 6.92 Å². The van der Waals surface area contributed by atoms with E-state index >= 15 is 0 Å². The van der Waals surface area contributed by atoms with Crippen LogP contribution < -0.4 is 0 Å². The normalized spacial score (nSPS) is 7.00. The van der Waals surface area contributed by atoms with E-state index < -0.39 is 5.97 Å². The maximum absolute atomic E-state index is 9.00. The number of aliphatic carboxylic acids is 1. The molecule has 0 spiro atoms. The quantitative estimate of drug-likeness (QED) is 0.531. The van der Waals surface area contributed by atoms with Crippen molar-refractivity contribution in [3.8, 4) is 0 Å². The summed E-state index contributed by atoms with van der Waals surface area (Å²) in [6.45, 7) is 5.30. The van der Waals surface area contributed by atoms with Crippen LogP contribution in [0, 0.1) is 0 Å². The van der Waals surface area contributed by atoms with Gasteiger partial charge >= 0.3 is 0 Å². The Hall–Kier alpha value is -1.06. The molecule has 0 aromatic heterocycles. The second kappa shape index (κ2) is 22.4. The average Bonchev–Trinajstić information content (AvgIpc) is 2.01. The van der Waals surface area contributed by atoms with Crippen LogP contribution in [0.25, 0.3) is 0 Å². The Morgan fingerprint density at radius 3 is 1.46 bits per heavy atom. The van der Waals surface area contributed by atoms with Gasteiger partial charge in [-0.1, -0.05) is 39.5 Å². The molecule has 0 amide bonds. The van der Waals surface area contributed by atoms with Crippen LogP contribution in [-0.2, 0) is 9.59 Å². The summed E-state index contributed by atoms with van der Waals surface area (Å²) in [6.07, 6.45) is 5.54. The van der Waals surface area contributed by atoms with Gasteiger partial charge in [0.1, 0.15) is 0 Å². The predicted octanol–water partition coefficient (Wildman–Crippen LogP) is 2.38. The SMILES string of the molecule is CC(=O)O.CCCCCC.O=CO. The van der Waals surface area contributed by atoms with Crippen LogP contribution in [0.15, 0.2) is 0 Å². The number of carboxylic acid groups (broad SMARTS) is 2. The Kier molecular flexibility index (Phi) is 30.9. The molecule has 0 heterocycles. The summed E-state index contributed by atoms with van der Waals surface area (Å²) in [5, 5.41) is 14.3. The summed E-state index contributed by atoms with van der Waals surface area (Å²) in [5.74, 6) is -0.833. The van der Waals surface area contributed by atoms with E-state index in [4.69, 9.17) is 19.8 Å². The third-order valence-corrected chi connectivity index (χ3v) is 0.957. The lowest BCUT2D eigenvalue weighted by Crippen LogP contribution is -1.78. The van der Waals surface area contributed by atoms with Crippen LogP contribution in [-0.4, -0.2) is 22.7 Å². The van der Waals surface area contributed by atoms with Crippen molar-refractivity contribution in [2.24, 2.45) is 0 Å². The van der Waals surface area contributed by atoms with Crippen LogP contribution in [0.1, 0.15) is 46.5 Å². The third kappa shape index (κ3) is 232. The van der Waals surface area contributed by atoms with Crippen molar-refractivity contribution in [1.29, 1.82) is 0 Å². The molecule has 0 saturated carbocycles. The molecule has 0 atom stereocenters. The van der Waals surface area contributed by atoms with Crippen molar-refractivity contribution >= 4 is 12.4 Å². The number of carboxylic acids is 1. The minimum Gasteiger partial charge on any atom is -0.483 e. The fourth-order valence-corrected chi connectivity index (χ4v) is 0.500. The third-order valence-electron chi connectivity index (χ3n) is 0.957. The summed E-state index contributed by atoms with van der Waals surface area (Å²) in [4.78, 5) is 17.4. The maximum Gasteiger partial charge on any atom is 0.300 e. The van der Waals surface area contributed by atoms with Gasteiger partial charge in [0.05, 0.1) is 0 Å². The first-order valence-corrected chi connectivity index (χ1v) is 4.34. The highest BCUT2D eigenvalue weighted by Crippen LogP contribution is 1.95. The number of carbonyl (C=O) groups is 2. The lowest BCUT2D eigenvalue weighted by atomic mass is 10.2. The van der Waals surface area contributed by atoms with Gasteiger partial charge in [-0.15, -0.1) is 0 Å². The highest BCUT2D eigenvalue weighted by Gasteiger charge is 1.75. The van der Waals surface area contributed by atoms with E-state index in [1.54, 1.807) is 0 Å². The van der Waals surface area contributed by atoms with E-state index in [1.165, 1.54) is 25.7 Å². The molecule has 0 aliphatic rings. The van der Waals surface area contributed by atoms with Crippen LogP contribution in [0.3, 0.4) is 0 Å². The van der Waals surface area contributed by atoms with Gasteiger partial charge in [-0.05, 0) is 0 Å². The molecular weight excluding hydrogens is 172 g/mol. The fourth-order valence-electron chi connectivity index (χ4n) is 0.500. The van der Waals surface area contributed by atoms with Crippen LogP contribution in [0.2, 0.25) is 0 Å². The first kappa shape index (κ1) is 17.9. The van der Waals surface area contributed by atoms with Gasteiger partial charge in [0.25, 0.3) is 12.4 Å². The summed E-state index contributed by atoms with van der Waals surface area (Å²) >= 11 is 0. The number of hydrogen-bond donors (Lipinski definition) is 2. The lowest BCUT2D eigenvalue weighted by Gasteiger charge is -1.86. The van der Waals surface area contributed by atoms with E-state index in [9.17, 15) is 0 Å². The molecule has 0 fully saturated rings. The fraction of sp³-hybridized carbons (Fsp3) is 0.778. The topological polar surface area (TPSA) is 74.6 Å². The van der Waals surface area contributed by atoms with E-state index in [0.717, 1.165) is 6.92 Å². The molecule has 0 aliphatic heterocycles. The largest absolute Gasteiger partial charge is 0.483 e. The zero-order valence-corrected chi connectivity index (χ0v) is 8.62. The van der Waals surface area contributed by atoms with Crippen molar-refractivity contribution in [2.75, 3.05) is 0 Å². The summed E-state index contributed by atoms with van der Waals surface area (Å²) in [5.41, 5.74) is 0. The molecule has 0 unspecified atom stereocenters. The molecule has 0 aromatic rings. The first-order valence-electron chi connectivity index (χ1n) is 4.34. The van der Waals surface area contributed by atoms with Crippen molar-refractivity contribution in [2.45, 2.75) is 46.5 Å². The first-order chi connectivity index (χ1) is 6.06. The van der Waals surface area contributed by atoms with Gasteiger partial charge in [-0.2, -0.15) is 0 Å². The van der Waals surface area contributed by atoms with Gasteiger partial charge in [0.15, 0.2) is 0 Å². The number of unbranched alkanes of at least 4 members (excludes halogenated alkanes) is 3. The number of hydrogen-bond acceptors (Lipinski definition) is 2. The Morgan fingerprint density at radius 2 is 1.38 bits per heavy atom. The lowest BCUT2D eigenvalue weighted by molar-refractivity contribution is -0.134. The zero-order chi connectivity index (χ0) is 11.1. The van der Waals surface area contributed by atoms with E-state index in [2.05, 4.69) is 13.8 Å². The highest BCUT2D eigenvalue weighted by atomic mass is 16.4. The molecule has 13 heavy (non-hydrogen) atoms. The highest BCUT2D eigenvalue weighted by molar-refractivity contribution is 5.62. The predicted molar refractivity (Wildman–Crippen MR) is 51.8 cm³/mol. The van der Waals surface area contributed by atoms with Gasteiger partial charge in [0.2, 0.25) is 0 Å². The summed E-state index contributed by atoms with van der Waals surface area (Å²) in [6, 6.07) is 0. The van der Waals surface area contributed by atoms with Gasteiger partial charge in [-0.25, -0.2) is 0 Å². The van der Waals surface area contributed by atoms with E-state index in [0.29, 0.717) is 0 Å². The molecule has 0 bridgehead atoms. The molecular formula is C9H20O4. The van der Waals surface area contributed by atoms with Crippen LogP contribution in [0.5, 0.6) is 0 Å². The Morgan fingerprint density at radius 1 is 1.23 bits per heavy atom. The smallest absolute Gasteiger partial charge is 0.300 e. The Labute approximate surface area is 79.6 Å². The van der Waals surface area contributed by atoms with Crippen molar-refractivity contribution < 1.29 is 19.8 Å². The Balaban J connectivity index is -0.000000125. The molecule has 0 saturated heterocycles. The van der Waals surface area contributed by atoms with E-state index in [1.807, 2.05) is 0 Å². The monoisotopic (exact) mass is 192 g/mol. The maximum atomic E-state index is 9.00. The van der Waals surface area contributed by atoms with Crippen LogP contribution >= 0.6 is 0 Å². The van der Waals surface area contributed by atoms with Crippen molar-refractivity contribution in [3.63, 3.8) is 0 Å². The molecule has 4 nitrogen and oxygen atoms in total. The molecule has 2 N–H and O–H groups in total. The molecule has 0 radical (unpaired) electrons. The van der Waals surface area contributed by atoms with Crippen molar-refractivity contribution in [3.05, 3.63) is 0 Å². The van der Waals surface area contributed by atoms with E-state index in [-0.39, 0.29) is 6.47 Å². The van der Waals surface area contributed by atoms with Crippen LogP contribution in [0.4, 0.5) is 0 Å². The summed E-state index contributed by atoms with van der Waals surface area (Å²) in [7, 11) is 0. The molecule has 0 aliphatic carbocycles. The second-order valence-electron chi connectivity index (χ2n) is 2.33. The Bertz CT molecular complexity index is 93.8. The summed E-state index contributed by atoms with van der Waals surface area (Å²) < 4.78 is 0.